The third-order valence-corrected chi connectivity index (χ3v) is 9.08. The van der Waals surface area contributed by atoms with Crippen molar-refractivity contribution < 1.29 is 26.4 Å². The summed E-state index contributed by atoms with van der Waals surface area (Å²) in [6.45, 7) is 21.0. The normalized spacial score (nSPS) is 14.9. The summed E-state index contributed by atoms with van der Waals surface area (Å²) < 4.78 is 54.4. The minimum absolute atomic E-state index is 0. The van der Waals surface area contributed by atoms with Crippen molar-refractivity contribution >= 4 is 38.5 Å². The Labute approximate surface area is 227 Å². The maximum atomic E-state index is 11.9. The van der Waals surface area contributed by atoms with Crippen molar-refractivity contribution in [1.82, 2.24) is 13.9 Å². The molecule has 10 nitrogen and oxygen atoms in total. The van der Waals surface area contributed by atoms with E-state index < -0.39 is 31.7 Å². The second kappa shape index (κ2) is 15.1. The Kier molecular flexibility index (Phi) is 16.7. The molecule has 0 rings (SSSR count). The molecule has 0 aliphatic heterocycles. The van der Waals surface area contributed by atoms with Gasteiger partial charge in [-0.25, -0.2) is 30.2 Å². The first-order valence-electron chi connectivity index (χ1n) is 11.9. The molecule has 0 unspecified atom stereocenters. The highest BCUT2D eigenvalue weighted by atomic mass is 35.5. The number of ether oxygens (including phenoxy) is 1. The molecule has 0 radical (unpaired) electrons. The Balaban J connectivity index is -0.000000635. The van der Waals surface area contributed by atoms with Gasteiger partial charge in [0.15, 0.2) is 0 Å². The molecule has 0 aliphatic rings. The van der Waals surface area contributed by atoms with Gasteiger partial charge in [0, 0.05) is 33.2 Å². The van der Waals surface area contributed by atoms with Crippen LogP contribution in [0.1, 0.15) is 76.2 Å². The van der Waals surface area contributed by atoms with Crippen LogP contribution in [0.15, 0.2) is 0 Å². The Bertz CT molecular complexity index is 861. The molecule has 0 saturated carbocycles. The van der Waals surface area contributed by atoms with E-state index in [9.17, 15) is 21.6 Å². The molecule has 1 amide bonds. The summed E-state index contributed by atoms with van der Waals surface area (Å²) in [7, 11) is -3.29. The van der Waals surface area contributed by atoms with Crippen LogP contribution >= 0.6 is 12.4 Å². The molecule has 0 saturated heterocycles. The van der Waals surface area contributed by atoms with Gasteiger partial charge in [-0.1, -0.05) is 41.5 Å². The van der Waals surface area contributed by atoms with E-state index >= 15 is 0 Å². The van der Waals surface area contributed by atoms with Crippen LogP contribution in [-0.4, -0.2) is 87.9 Å². The van der Waals surface area contributed by atoms with E-state index in [-0.39, 0.29) is 53.4 Å². The van der Waals surface area contributed by atoms with Gasteiger partial charge < -0.3 is 15.8 Å². The second-order valence-corrected chi connectivity index (χ2v) is 16.6. The predicted octanol–water partition coefficient (Wildman–Crippen LogP) is 3.27. The standard InChI is InChI=1S/C14H30N2O4S.C9H22N2O2S.ClH/c1-9-21(18,19)16(8)10-11(13(2,3)4)15-12(17)20-14(5,6)7;1-6-14(12,13)11(5)7-8(10)9(2,3)4;/h11H,9-10H2,1-8H3,(H,15,17);8H,6-7,10H2,1-5H3;1H/t11-;8-;/m11./s1. The number of rotatable bonds is 9. The molecule has 0 aromatic rings. The molecule has 0 spiro atoms. The van der Waals surface area contributed by atoms with Gasteiger partial charge in [-0.3, -0.25) is 0 Å². The lowest BCUT2D eigenvalue weighted by Gasteiger charge is -2.34. The van der Waals surface area contributed by atoms with Gasteiger partial charge in [-0.05, 0) is 45.4 Å². The summed E-state index contributed by atoms with van der Waals surface area (Å²) in [6.07, 6.45) is -0.537. The fourth-order valence-corrected chi connectivity index (χ4v) is 4.11. The number of sulfonamides is 2. The Morgan fingerprint density at radius 1 is 0.806 bits per heavy atom. The van der Waals surface area contributed by atoms with Crippen LogP contribution in [0.25, 0.3) is 0 Å². The molecule has 13 heteroatoms. The molecular formula is C23H53ClN4O6S2. The molecule has 0 aromatic carbocycles. The average molecular weight is 581 g/mol. The van der Waals surface area contributed by atoms with Crippen LogP contribution in [0.2, 0.25) is 0 Å². The zero-order chi connectivity index (χ0) is 28.6. The quantitative estimate of drug-likeness (QED) is 0.426. The molecule has 0 bridgehead atoms. The molecule has 220 valence electrons. The zero-order valence-electron chi connectivity index (χ0n) is 24.6. The molecule has 0 aliphatic carbocycles. The number of nitrogens with two attached hydrogens (primary N) is 1. The van der Waals surface area contributed by atoms with Crippen molar-refractivity contribution in [2.24, 2.45) is 16.6 Å². The van der Waals surface area contributed by atoms with Gasteiger partial charge >= 0.3 is 6.09 Å². The van der Waals surface area contributed by atoms with E-state index in [0.29, 0.717) is 6.54 Å². The highest BCUT2D eigenvalue weighted by Crippen LogP contribution is 2.22. The van der Waals surface area contributed by atoms with Gasteiger partial charge in [0.25, 0.3) is 0 Å². The van der Waals surface area contributed by atoms with Gasteiger partial charge in [-0.2, -0.15) is 0 Å². The summed E-state index contributed by atoms with van der Waals surface area (Å²) in [6, 6.07) is -0.493. The number of hydrogen-bond donors (Lipinski definition) is 2. The Hall–Kier alpha value is -0.660. The number of amides is 1. The molecule has 2 atom stereocenters. The fraction of sp³-hybridized carbons (Fsp3) is 0.957. The number of carbonyl (C=O) groups excluding carboxylic acids is 1. The van der Waals surface area contributed by atoms with E-state index in [1.165, 1.54) is 15.7 Å². The summed E-state index contributed by atoms with van der Waals surface area (Å²) in [5, 5.41) is 2.77. The van der Waals surface area contributed by atoms with Gasteiger partial charge in [0.2, 0.25) is 20.0 Å². The summed E-state index contributed by atoms with van der Waals surface area (Å²) >= 11 is 0. The van der Waals surface area contributed by atoms with Crippen LogP contribution in [0.5, 0.6) is 0 Å². The molecule has 36 heavy (non-hydrogen) atoms. The lowest BCUT2D eigenvalue weighted by atomic mass is 9.87. The first kappa shape index (κ1) is 39.8. The second-order valence-electron chi connectivity index (χ2n) is 11.9. The smallest absolute Gasteiger partial charge is 0.407 e. The number of halogens is 1. The minimum atomic E-state index is -3.28. The van der Waals surface area contributed by atoms with E-state index in [4.69, 9.17) is 10.5 Å². The lowest BCUT2D eigenvalue weighted by Crippen LogP contribution is -2.52. The lowest BCUT2D eigenvalue weighted by molar-refractivity contribution is 0.0455. The fourth-order valence-electron chi connectivity index (χ4n) is 2.46. The van der Waals surface area contributed by atoms with Crippen molar-refractivity contribution in [3.63, 3.8) is 0 Å². The molecule has 3 N–H and O–H groups in total. The van der Waals surface area contributed by atoms with Gasteiger partial charge in [-0.15, -0.1) is 12.4 Å². The van der Waals surface area contributed by atoms with Crippen molar-refractivity contribution in [3.05, 3.63) is 0 Å². The molecular weight excluding hydrogens is 528 g/mol. The van der Waals surface area contributed by atoms with Crippen LogP contribution < -0.4 is 11.1 Å². The van der Waals surface area contributed by atoms with Crippen molar-refractivity contribution in [1.29, 1.82) is 0 Å². The maximum absolute atomic E-state index is 11.9. The SMILES string of the molecule is CCS(=O)(=O)N(C)C[C@@H](N)C(C)(C)C.CCS(=O)(=O)N(C)C[C@@H](NC(=O)OC(C)(C)C)C(C)(C)C.Cl. The van der Waals surface area contributed by atoms with Crippen molar-refractivity contribution in [2.75, 3.05) is 38.7 Å². The first-order valence-corrected chi connectivity index (χ1v) is 15.1. The number of likely N-dealkylation sites (N-methyl/N-ethyl adjacent to an activating group) is 2. The van der Waals surface area contributed by atoms with Crippen LogP contribution in [0.4, 0.5) is 4.79 Å². The summed E-state index contributed by atoms with van der Waals surface area (Å²) in [5.74, 6) is 0.160. The van der Waals surface area contributed by atoms with Crippen molar-refractivity contribution in [3.8, 4) is 0 Å². The summed E-state index contributed by atoms with van der Waals surface area (Å²) in [5.41, 5.74) is 4.94. The van der Waals surface area contributed by atoms with Gasteiger partial charge in [0.1, 0.15) is 5.60 Å². The highest BCUT2D eigenvalue weighted by Gasteiger charge is 2.31. The molecule has 0 heterocycles. The van der Waals surface area contributed by atoms with E-state index in [2.05, 4.69) is 5.32 Å². The predicted molar refractivity (Wildman–Crippen MR) is 151 cm³/mol. The number of nitrogens with zero attached hydrogens (tertiary/aromatic N) is 2. The maximum Gasteiger partial charge on any atom is 0.407 e. The number of nitrogens with one attached hydrogen (secondary N) is 1. The molecule has 0 fully saturated rings. The zero-order valence-corrected chi connectivity index (χ0v) is 27.1. The number of carbonyl (C=O) groups is 1. The third kappa shape index (κ3) is 16.2. The van der Waals surface area contributed by atoms with E-state index in [0.717, 1.165) is 0 Å². The molecule has 0 aromatic heterocycles. The highest BCUT2D eigenvalue weighted by molar-refractivity contribution is 7.89. The summed E-state index contributed by atoms with van der Waals surface area (Å²) in [4.78, 5) is 11.9. The van der Waals surface area contributed by atoms with E-state index in [1.807, 2.05) is 41.5 Å². The van der Waals surface area contributed by atoms with Crippen molar-refractivity contribution in [2.45, 2.75) is 93.8 Å². The van der Waals surface area contributed by atoms with Crippen LogP contribution in [-0.2, 0) is 24.8 Å². The topological polar surface area (TPSA) is 139 Å². The first-order chi connectivity index (χ1) is 15.3. The number of hydrogen-bond acceptors (Lipinski definition) is 7. The van der Waals surface area contributed by atoms with Gasteiger partial charge in [0.05, 0.1) is 17.5 Å². The average Bonchev–Trinajstić information content (AvgIpc) is 2.64. The largest absolute Gasteiger partial charge is 0.444 e. The number of alkyl carbamates (subject to hydrolysis) is 1. The Morgan fingerprint density at radius 2 is 1.17 bits per heavy atom. The monoisotopic (exact) mass is 580 g/mol. The Morgan fingerprint density at radius 3 is 1.44 bits per heavy atom. The van der Waals surface area contributed by atoms with Crippen LogP contribution in [0, 0.1) is 10.8 Å². The minimum Gasteiger partial charge on any atom is -0.444 e. The third-order valence-electron chi connectivity index (χ3n) is 5.42. The van der Waals surface area contributed by atoms with Crippen LogP contribution in [0.3, 0.4) is 0 Å². The van der Waals surface area contributed by atoms with E-state index in [1.54, 1.807) is 41.7 Å².